The molecule has 0 aliphatic rings. The lowest BCUT2D eigenvalue weighted by Gasteiger charge is -2.20. The average Bonchev–Trinajstić information content (AvgIpc) is 2.84. The number of nitrogens with one attached hydrogen (secondary N) is 1. The van der Waals surface area contributed by atoms with Crippen LogP contribution in [0.4, 0.5) is 0 Å². The predicted molar refractivity (Wildman–Crippen MR) is 95.0 cm³/mol. The molecule has 0 atom stereocenters. The summed E-state index contributed by atoms with van der Waals surface area (Å²) < 4.78 is 0. The van der Waals surface area contributed by atoms with Crippen LogP contribution in [0, 0.1) is 5.92 Å². The summed E-state index contributed by atoms with van der Waals surface area (Å²) in [5.41, 5.74) is 0. The Labute approximate surface area is 135 Å². The van der Waals surface area contributed by atoms with Crippen molar-refractivity contribution in [1.29, 1.82) is 0 Å². The first-order valence-electron chi connectivity index (χ1n) is 8.16. The van der Waals surface area contributed by atoms with Crippen LogP contribution in [0.5, 0.6) is 0 Å². The number of hydrogen-bond acceptors (Lipinski definition) is 4. The van der Waals surface area contributed by atoms with Crippen molar-refractivity contribution in [2.45, 2.75) is 40.3 Å². The summed E-state index contributed by atoms with van der Waals surface area (Å²) in [6.45, 7) is 13.5. The second-order valence-electron chi connectivity index (χ2n) is 6.42. The normalized spacial score (nSPS) is 12.0. The van der Waals surface area contributed by atoms with Gasteiger partial charge in [-0.25, -0.2) is 0 Å². The molecule has 0 radical (unpaired) electrons. The molecule has 0 saturated carbocycles. The summed E-state index contributed by atoms with van der Waals surface area (Å²) in [4.78, 5) is 7.75. The van der Waals surface area contributed by atoms with Gasteiger partial charge in [0.1, 0.15) is 0 Å². The third-order valence-electron chi connectivity index (χ3n) is 3.48. The van der Waals surface area contributed by atoms with E-state index in [4.69, 9.17) is 0 Å². The van der Waals surface area contributed by atoms with Crippen molar-refractivity contribution in [3.05, 3.63) is 21.9 Å². The predicted octanol–water partition coefficient (Wildman–Crippen LogP) is 3.27. The Bertz CT molecular complexity index is 374. The zero-order valence-corrected chi connectivity index (χ0v) is 15.3. The summed E-state index contributed by atoms with van der Waals surface area (Å²) in [5.74, 6) is 0.719. The van der Waals surface area contributed by atoms with Crippen molar-refractivity contribution >= 4 is 11.3 Å². The van der Waals surface area contributed by atoms with Crippen LogP contribution >= 0.6 is 11.3 Å². The maximum absolute atomic E-state index is 3.52. The molecular formula is C17H33N3S. The van der Waals surface area contributed by atoms with E-state index in [0.29, 0.717) is 0 Å². The van der Waals surface area contributed by atoms with Crippen LogP contribution in [0.1, 0.15) is 36.9 Å². The SMILES string of the molecule is CCN(CCCN(C)C)Cc1ccc(CNCC(C)C)s1. The van der Waals surface area contributed by atoms with Crippen LogP contribution in [-0.4, -0.2) is 50.1 Å². The average molecular weight is 312 g/mol. The summed E-state index contributed by atoms with van der Waals surface area (Å²) >= 11 is 1.95. The minimum Gasteiger partial charge on any atom is -0.312 e. The lowest BCUT2D eigenvalue weighted by Crippen LogP contribution is -2.26. The highest BCUT2D eigenvalue weighted by molar-refractivity contribution is 7.11. The topological polar surface area (TPSA) is 18.5 Å². The van der Waals surface area contributed by atoms with Crippen LogP contribution in [0.15, 0.2) is 12.1 Å². The molecule has 1 aromatic heterocycles. The van der Waals surface area contributed by atoms with Gasteiger partial charge in [-0.2, -0.15) is 0 Å². The molecule has 1 heterocycles. The van der Waals surface area contributed by atoms with Gasteiger partial charge in [-0.05, 0) is 64.7 Å². The van der Waals surface area contributed by atoms with Gasteiger partial charge in [-0.15, -0.1) is 11.3 Å². The Hall–Kier alpha value is -0.420. The first kappa shape index (κ1) is 18.6. The van der Waals surface area contributed by atoms with Crippen LogP contribution in [0.2, 0.25) is 0 Å². The van der Waals surface area contributed by atoms with Gasteiger partial charge in [0.2, 0.25) is 0 Å². The molecule has 0 spiro atoms. The molecule has 1 aromatic rings. The first-order valence-corrected chi connectivity index (χ1v) is 8.98. The van der Waals surface area contributed by atoms with Crippen LogP contribution in [0.25, 0.3) is 0 Å². The number of nitrogens with zero attached hydrogens (tertiary/aromatic N) is 2. The maximum Gasteiger partial charge on any atom is 0.0327 e. The molecule has 0 bridgehead atoms. The maximum atomic E-state index is 3.52. The van der Waals surface area contributed by atoms with Gasteiger partial charge >= 0.3 is 0 Å². The number of rotatable bonds is 11. The van der Waals surface area contributed by atoms with Gasteiger partial charge in [0.25, 0.3) is 0 Å². The van der Waals surface area contributed by atoms with Crippen molar-refractivity contribution in [3.63, 3.8) is 0 Å². The molecule has 0 saturated heterocycles. The molecule has 0 aromatic carbocycles. The Kier molecular flexibility index (Phi) is 9.16. The summed E-state index contributed by atoms with van der Waals surface area (Å²) in [5, 5.41) is 3.52. The summed E-state index contributed by atoms with van der Waals surface area (Å²) in [7, 11) is 4.29. The molecule has 4 heteroatoms. The van der Waals surface area contributed by atoms with E-state index >= 15 is 0 Å². The molecule has 3 nitrogen and oxygen atoms in total. The van der Waals surface area contributed by atoms with Crippen molar-refractivity contribution in [1.82, 2.24) is 15.1 Å². The van der Waals surface area contributed by atoms with E-state index in [1.54, 1.807) is 0 Å². The van der Waals surface area contributed by atoms with Crippen LogP contribution < -0.4 is 5.32 Å². The summed E-state index contributed by atoms with van der Waals surface area (Å²) in [6, 6.07) is 4.58. The van der Waals surface area contributed by atoms with Gasteiger partial charge in [0.05, 0.1) is 0 Å². The van der Waals surface area contributed by atoms with E-state index in [0.717, 1.165) is 32.1 Å². The van der Waals surface area contributed by atoms with E-state index in [9.17, 15) is 0 Å². The minimum absolute atomic E-state index is 0.719. The van der Waals surface area contributed by atoms with Crippen molar-refractivity contribution in [3.8, 4) is 0 Å². The van der Waals surface area contributed by atoms with Gasteiger partial charge in [-0.3, -0.25) is 4.90 Å². The fourth-order valence-corrected chi connectivity index (χ4v) is 3.30. The summed E-state index contributed by atoms with van der Waals surface area (Å²) in [6.07, 6.45) is 1.25. The largest absolute Gasteiger partial charge is 0.312 e. The van der Waals surface area contributed by atoms with E-state index < -0.39 is 0 Å². The van der Waals surface area contributed by atoms with E-state index in [2.05, 4.69) is 62.1 Å². The first-order chi connectivity index (χ1) is 10.0. The van der Waals surface area contributed by atoms with Gasteiger partial charge in [0.15, 0.2) is 0 Å². The van der Waals surface area contributed by atoms with E-state index in [1.165, 1.54) is 29.3 Å². The monoisotopic (exact) mass is 311 g/mol. The van der Waals surface area contributed by atoms with E-state index in [-0.39, 0.29) is 0 Å². The lowest BCUT2D eigenvalue weighted by atomic mass is 10.2. The highest BCUT2D eigenvalue weighted by atomic mass is 32.1. The molecule has 0 amide bonds. The van der Waals surface area contributed by atoms with Crippen molar-refractivity contribution < 1.29 is 0 Å². The third-order valence-corrected chi connectivity index (χ3v) is 4.55. The van der Waals surface area contributed by atoms with Crippen molar-refractivity contribution in [2.24, 2.45) is 5.92 Å². The zero-order valence-electron chi connectivity index (χ0n) is 14.5. The second kappa shape index (κ2) is 10.3. The smallest absolute Gasteiger partial charge is 0.0327 e. The molecule has 0 unspecified atom stereocenters. The van der Waals surface area contributed by atoms with Gasteiger partial charge in [-0.1, -0.05) is 20.8 Å². The molecular weight excluding hydrogens is 278 g/mol. The molecule has 0 aliphatic carbocycles. The van der Waals surface area contributed by atoms with Gasteiger partial charge in [0, 0.05) is 22.8 Å². The molecule has 122 valence electrons. The quantitative estimate of drug-likeness (QED) is 0.677. The lowest BCUT2D eigenvalue weighted by molar-refractivity contribution is 0.261. The van der Waals surface area contributed by atoms with Crippen LogP contribution in [-0.2, 0) is 13.1 Å². The van der Waals surface area contributed by atoms with E-state index in [1.807, 2.05) is 11.3 Å². The Morgan fingerprint density at radius 1 is 1.14 bits per heavy atom. The molecule has 1 N–H and O–H groups in total. The Balaban J connectivity index is 2.33. The second-order valence-corrected chi connectivity index (χ2v) is 7.67. The Morgan fingerprint density at radius 3 is 2.48 bits per heavy atom. The molecule has 0 fully saturated rings. The highest BCUT2D eigenvalue weighted by Gasteiger charge is 2.07. The molecule has 21 heavy (non-hydrogen) atoms. The molecule has 0 aliphatic heterocycles. The number of thiophene rings is 1. The molecule has 1 rings (SSSR count). The zero-order chi connectivity index (χ0) is 15.7. The fraction of sp³-hybridized carbons (Fsp3) is 0.765. The highest BCUT2D eigenvalue weighted by Crippen LogP contribution is 2.18. The van der Waals surface area contributed by atoms with Crippen LogP contribution in [0.3, 0.4) is 0 Å². The number of hydrogen-bond donors (Lipinski definition) is 1. The van der Waals surface area contributed by atoms with Gasteiger partial charge < -0.3 is 10.2 Å². The standard InChI is InChI=1S/C17H33N3S/c1-6-20(11-7-10-19(4)5)14-17-9-8-16(21-17)13-18-12-15(2)3/h8-9,15,18H,6-7,10-14H2,1-5H3. The van der Waals surface area contributed by atoms with Crippen molar-refractivity contribution in [2.75, 3.05) is 40.3 Å². The fourth-order valence-electron chi connectivity index (χ4n) is 2.27. The minimum atomic E-state index is 0.719. The Morgan fingerprint density at radius 2 is 1.86 bits per heavy atom. The third kappa shape index (κ3) is 8.57.